The number of carboxylic acids is 1. The Bertz CT molecular complexity index is 375. The molecule has 2 rings (SSSR count). The maximum absolute atomic E-state index is 11.1. The average Bonchev–Trinajstić information content (AvgIpc) is 2.64. The Kier molecular flexibility index (Phi) is 3.22. The van der Waals surface area contributed by atoms with Gasteiger partial charge in [-0.15, -0.1) is 5.10 Å². The molecule has 1 aromatic rings. The molecule has 0 aliphatic heterocycles. The summed E-state index contributed by atoms with van der Waals surface area (Å²) in [6, 6.07) is 0. The van der Waals surface area contributed by atoms with Crippen LogP contribution in [0.1, 0.15) is 31.4 Å². The second-order valence-corrected chi connectivity index (χ2v) is 4.58. The monoisotopic (exact) mass is 223 g/mol. The minimum atomic E-state index is -0.659. The van der Waals surface area contributed by atoms with E-state index in [0.717, 1.165) is 37.8 Å². The van der Waals surface area contributed by atoms with Crippen LogP contribution in [0.3, 0.4) is 0 Å². The standard InChI is InChI=1S/C11H17N3O2/c1-14-7-9(12-13-14)6-8-4-2-3-5-10(8)11(15)16/h7-8,10H,2-6H2,1H3,(H,15,16). The summed E-state index contributed by atoms with van der Waals surface area (Å²) in [7, 11) is 1.83. The van der Waals surface area contributed by atoms with Crippen LogP contribution >= 0.6 is 0 Å². The lowest BCUT2D eigenvalue weighted by atomic mass is 9.77. The first-order valence-corrected chi connectivity index (χ1v) is 5.75. The van der Waals surface area contributed by atoms with Crippen LogP contribution in [-0.2, 0) is 18.3 Å². The SMILES string of the molecule is Cn1cc(CC2CCCCC2C(=O)O)nn1. The number of carbonyl (C=O) groups is 1. The zero-order valence-corrected chi connectivity index (χ0v) is 9.46. The molecule has 88 valence electrons. The van der Waals surface area contributed by atoms with Gasteiger partial charge in [-0.3, -0.25) is 9.48 Å². The van der Waals surface area contributed by atoms with E-state index in [9.17, 15) is 4.79 Å². The molecule has 1 fully saturated rings. The van der Waals surface area contributed by atoms with Gasteiger partial charge in [0.15, 0.2) is 0 Å². The quantitative estimate of drug-likeness (QED) is 0.837. The lowest BCUT2D eigenvalue weighted by molar-refractivity contribution is -0.144. The Labute approximate surface area is 94.5 Å². The first kappa shape index (κ1) is 11.1. The molecule has 0 radical (unpaired) electrons. The van der Waals surface area contributed by atoms with Crippen molar-refractivity contribution in [2.75, 3.05) is 0 Å². The van der Waals surface area contributed by atoms with Gasteiger partial charge in [0.05, 0.1) is 11.6 Å². The molecule has 0 aromatic carbocycles. The van der Waals surface area contributed by atoms with Gasteiger partial charge in [0.1, 0.15) is 0 Å². The Morgan fingerprint density at radius 2 is 2.31 bits per heavy atom. The summed E-state index contributed by atoms with van der Waals surface area (Å²) in [5.74, 6) is -0.632. The Morgan fingerprint density at radius 3 is 2.94 bits per heavy atom. The second-order valence-electron chi connectivity index (χ2n) is 4.58. The summed E-state index contributed by atoms with van der Waals surface area (Å²) in [5, 5.41) is 17.0. The molecule has 1 heterocycles. The molecule has 1 aliphatic carbocycles. The maximum atomic E-state index is 11.1. The summed E-state index contributed by atoms with van der Waals surface area (Å²) in [4.78, 5) is 11.1. The Balaban J connectivity index is 2.03. The van der Waals surface area contributed by atoms with Gasteiger partial charge in [0.2, 0.25) is 0 Å². The third-order valence-electron chi connectivity index (χ3n) is 3.35. The van der Waals surface area contributed by atoms with Crippen molar-refractivity contribution >= 4 is 5.97 Å². The molecular formula is C11H17N3O2. The summed E-state index contributed by atoms with van der Waals surface area (Å²) in [6.45, 7) is 0. The van der Waals surface area contributed by atoms with Crippen molar-refractivity contribution in [3.05, 3.63) is 11.9 Å². The summed E-state index contributed by atoms with van der Waals surface area (Å²) in [5.41, 5.74) is 0.903. The van der Waals surface area contributed by atoms with Crippen molar-refractivity contribution in [3.63, 3.8) is 0 Å². The van der Waals surface area contributed by atoms with E-state index in [0.29, 0.717) is 0 Å². The van der Waals surface area contributed by atoms with Crippen LogP contribution in [-0.4, -0.2) is 26.1 Å². The molecule has 0 bridgehead atoms. The minimum absolute atomic E-state index is 0.198. The van der Waals surface area contributed by atoms with E-state index in [2.05, 4.69) is 10.3 Å². The van der Waals surface area contributed by atoms with Crippen molar-refractivity contribution in [2.45, 2.75) is 32.1 Å². The predicted octanol–water partition coefficient (Wildman–Crippen LogP) is 1.25. The van der Waals surface area contributed by atoms with E-state index >= 15 is 0 Å². The highest BCUT2D eigenvalue weighted by Crippen LogP contribution is 2.32. The topological polar surface area (TPSA) is 68.0 Å². The normalized spacial score (nSPS) is 25.6. The number of hydrogen-bond acceptors (Lipinski definition) is 3. The number of rotatable bonds is 3. The number of nitrogens with zero attached hydrogens (tertiary/aromatic N) is 3. The van der Waals surface area contributed by atoms with Gasteiger partial charge in [-0.25, -0.2) is 0 Å². The molecule has 0 saturated heterocycles. The number of aliphatic carboxylic acids is 1. The Morgan fingerprint density at radius 1 is 1.56 bits per heavy atom. The lowest BCUT2D eigenvalue weighted by Crippen LogP contribution is -2.28. The van der Waals surface area contributed by atoms with Crippen LogP contribution in [0.2, 0.25) is 0 Å². The van der Waals surface area contributed by atoms with Gasteiger partial charge < -0.3 is 5.11 Å². The molecule has 2 unspecified atom stereocenters. The lowest BCUT2D eigenvalue weighted by Gasteiger charge is -2.27. The van der Waals surface area contributed by atoms with Gasteiger partial charge in [-0.1, -0.05) is 18.1 Å². The smallest absolute Gasteiger partial charge is 0.306 e. The molecule has 5 heteroatoms. The van der Waals surface area contributed by atoms with E-state index in [1.54, 1.807) is 4.68 Å². The van der Waals surface area contributed by atoms with E-state index in [1.807, 2.05) is 13.2 Å². The van der Waals surface area contributed by atoms with Crippen LogP contribution < -0.4 is 0 Å². The summed E-state index contributed by atoms with van der Waals surface area (Å²) < 4.78 is 1.66. The average molecular weight is 223 g/mol. The molecule has 16 heavy (non-hydrogen) atoms. The molecule has 1 N–H and O–H groups in total. The van der Waals surface area contributed by atoms with Gasteiger partial charge in [0.25, 0.3) is 0 Å². The minimum Gasteiger partial charge on any atom is -0.481 e. The van der Waals surface area contributed by atoms with E-state index in [1.165, 1.54) is 0 Å². The van der Waals surface area contributed by atoms with Crippen LogP contribution in [0, 0.1) is 11.8 Å². The molecule has 2 atom stereocenters. The molecule has 5 nitrogen and oxygen atoms in total. The van der Waals surface area contributed by atoms with Crippen molar-refractivity contribution in [1.82, 2.24) is 15.0 Å². The number of aryl methyl sites for hydroxylation is 1. The number of hydrogen-bond donors (Lipinski definition) is 1. The first-order chi connectivity index (χ1) is 7.66. The molecule has 1 aliphatic rings. The summed E-state index contributed by atoms with van der Waals surface area (Å²) >= 11 is 0. The van der Waals surface area contributed by atoms with Gasteiger partial charge in [-0.05, 0) is 25.2 Å². The number of carboxylic acid groups (broad SMARTS) is 1. The highest BCUT2D eigenvalue weighted by molar-refractivity contribution is 5.70. The fraction of sp³-hybridized carbons (Fsp3) is 0.727. The highest BCUT2D eigenvalue weighted by Gasteiger charge is 2.31. The van der Waals surface area contributed by atoms with Crippen LogP contribution in [0.5, 0.6) is 0 Å². The third kappa shape index (κ3) is 2.40. The van der Waals surface area contributed by atoms with E-state index < -0.39 is 5.97 Å². The van der Waals surface area contributed by atoms with Crippen molar-refractivity contribution in [1.29, 1.82) is 0 Å². The van der Waals surface area contributed by atoms with E-state index in [4.69, 9.17) is 5.11 Å². The molecule has 1 saturated carbocycles. The molecule has 1 aromatic heterocycles. The first-order valence-electron chi connectivity index (χ1n) is 5.75. The molecule has 0 amide bonds. The zero-order chi connectivity index (χ0) is 11.5. The fourth-order valence-electron chi connectivity index (χ4n) is 2.53. The fourth-order valence-corrected chi connectivity index (χ4v) is 2.53. The Hall–Kier alpha value is -1.39. The molecule has 0 spiro atoms. The van der Waals surface area contributed by atoms with Crippen molar-refractivity contribution < 1.29 is 9.90 Å². The molecular weight excluding hydrogens is 206 g/mol. The van der Waals surface area contributed by atoms with E-state index in [-0.39, 0.29) is 11.8 Å². The number of aromatic nitrogens is 3. The van der Waals surface area contributed by atoms with Crippen LogP contribution in [0.4, 0.5) is 0 Å². The summed E-state index contributed by atoms with van der Waals surface area (Å²) in [6.07, 6.45) is 6.58. The van der Waals surface area contributed by atoms with Crippen molar-refractivity contribution in [2.24, 2.45) is 18.9 Å². The van der Waals surface area contributed by atoms with Crippen LogP contribution in [0.25, 0.3) is 0 Å². The van der Waals surface area contributed by atoms with Gasteiger partial charge in [0, 0.05) is 13.2 Å². The van der Waals surface area contributed by atoms with Crippen molar-refractivity contribution in [3.8, 4) is 0 Å². The van der Waals surface area contributed by atoms with Gasteiger partial charge >= 0.3 is 5.97 Å². The third-order valence-corrected chi connectivity index (χ3v) is 3.35. The predicted molar refractivity (Wildman–Crippen MR) is 57.8 cm³/mol. The largest absolute Gasteiger partial charge is 0.481 e. The van der Waals surface area contributed by atoms with Crippen LogP contribution in [0.15, 0.2) is 6.20 Å². The zero-order valence-electron chi connectivity index (χ0n) is 9.46. The second kappa shape index (κ2) is 4.63. The van der Waals surface area contributed by atoms with Gasteiger partial charge in [-0.2, -0.15) is 0 Å². The highest BCUT2D eigenvalue weighted by atomic mass is 16.4. The maximum Gasteiger partial charge on any atom is 0.306 e.